The lowest BCUT2D eigenvalue weighted by Crippen LogP contribution is -2.32. The molecule has 34 heavy (non-hydrogen) atoms. The van der Waals surface area contributed by atoms with Crippen LogP contribution in [0.2, 0.25) is 0 Å². The number of aliphatic hydroxyl groups excluding tert-OH is 1. The summed E-state index contributed by atoms with van der Waals surface area (Å²) in [7, 11) is 9.45. The predicted octanol–water partition coefficient (Wildman–Crippen LogP) is 3.75. The van der Waals surface area contributed by atoms with Crippen LogP contribution in [0, 0.1) is 13.8 Å². The normalized spacial score (nSPS) is 17.5. The fourth-order valence-electron chi connectivity index (χ4n) is 4.38. The van der Waals surface area contributed by atoms with Crippen LogP contribution in [0.4, 0.5) is 5.69 Å². The van der Waals surface area contributed by atoms with E-state index in [0.717, 1.165) is 28.9 Å². The highest BCUT2D eigenvalue weighted by Gasteiger charge is 2.46. The maximum atomic E-state index is 13.3. The van der Waals surface area contributed by atoms with Crippen LogP contribution in [-0.4, -0.2) is 75.0 Å². The number of hydrogen-bond acceptors (Lipinski definition) is 6. The molecule has 2 aromatic carbocycles. The molecule has 0 aliphatic carbocycles. The van der Waals surface area contributed by atoms with Gasteiger partial charge in [-0.1, -0.05) is 12.1 Å². The zero-order chi connectivity index (χ0) is 25.2. The van der Waals surface area contributed by atoms with Gasteiger partial charge in [-0.25, -0.2) is 0 Å². The summed E-state index contributed by atoms with van der Waals surface area (Å²) in [5.41, 5.74) is 4.05. The lowest BCUT2D eigenvalue weighted by molar-refractivity contribution is -0.139. The molecule has 1 aliphatic rings. The number of anilines is 1. The Balaban J connectivity index is 2.15. The van der Waals surface area contributed by atoms with Crippen molar-refractivity contribution < 1.29 is 19.4 Å². The molecular weight excluding hydrogens is 430 g/mol. The monoisotopic (exact) mass is 465 g/mol. The van der Waals surface area contributed by atoms with E-state index in [4.69, 9.17) is 4.74 Å². The molecule has 1 unspecified atom stereocenters. The number of aliphatic hydroxyl groups is 1. The molecule has 1 amide bonds. The lowest BCUT2D eigenvalue weighted by atomic mass is 9.93. The van der Waals surface area contributed by atoms with Crippen molar-refractivity contribution in [1.29, 1.82) is 0 Å². The quantitative estimate of drug-likeness (QED) is 0.364. The number of ketones is 1. The van der Waals surface area contributed by atoms with Gasteiger partial charge in [-0.15, -0.1) is 0 Å². The van der Waals surface area contributed by atoms with Gasteiger partial charge in [0.25, 0.3) is 11.7 Å². The summed E-state index contributed by atoms with van der Waals surface area (Å²) in [4.78, 5) is 32.0. The van der Waals surface area contributed by atoms with E-state index < -0.39 is 17.7 Å². The Hall–Kier alpha value is -3.32. The number of Topliss-reactive ketones (excluding diaryl/α,β-unsaturated/α-hetero) is 1. The molecule has 0 bridgehead atoms. The topological polar surface area (TPSA) is 73.3 Å². The van der Waals surface area contributed by atoms with Gasteiger partial charge in [0.1, 0.15) is 11.5 Å². The molecule has 1 heterocycles. The Labute approximate surface area is 202 Å². The van der Waals surface area contributed by atoms with E-state index in [1.807, 2.05) is 82.2 Å². The van der Waals surface area contributed by atoms with E-state index >= 15 is 0 Å². The van der Waals surface area contributed by atoms with Crippen molar-refractivity contribution in [3.63, 3.8) is 0 Å². The minimum absolute atomic E-state index is 0.125. The largest absolute Gasteiger partial charge is 0.507 e. The molecule has 1 fully saturated rings. The average Bonchev–Trinajstić information content (AvgIpc) is 3.04. The van der Waals surface area contributed by atoms with Crippen molar-refractivity contribution in [2.45, 2.75) is 26.3 Å². The van der Waals surface area contributed by atoms with Gasteiger partial charge in [0.15, 0.2) is 0 Å². The summed E-state index contributed by atoms with van der Waals surface area (Å²) < 4.78 is 5.39. The van der Waals surface area contributed by atoms with Crippen molar-refractivity contribution in [1.82, 2.24) is 9.80 Å². The summed E-state index contributed by atoms with van der Waals surface area (Å²) >= 11 is 0. The van der Waals surface area contributed by atoms with Gasteiger partial charge in [-0.3, -0.25) is 9.59 Å². The smallest absolute Gasteiger partial charge is 0.295 e. The van der Waals surface area contributed by atoms with Crippen molar-refractivity contribution in [3.05, 3.63) is 64.2 Å². The van der Waals surface area contributed by atoms with Crippen molar-refractivity contribution in [2.75, 3.05) is 53.3 Å². The van der Waals surface area contributed by atoms with Gasteiger partial charge in [0.05, 0.1) is 18.7 Å². The van der Waals surface area contributed by atoms with Crippen LogP contribution >= 0.6 is 0 Å². The molecule has 2 aromatic rings. The number of likely N-dealkylation sites (tertiary alicyclic amines) is 1. The third kappa shape index (κ3) is 4.94. The first-order chi connectivity index (χ1) is 16.1. The number of aryl methyl sites for hydroxylation is 2. The SMILES string of the molecule is COc1cc(C)c(/C(O)=C2\C(=O)C(=O)N(CCCN(C)C)C2c2ccc(N(C)C)cc2)cc1C. The van der Waals surface area contributed by atoms with E-state index in [1.54, 1.807) is 18.1 Å². The molecule has 0 aromatic heterocycles. The highest BCUT2D eigenvalue weighted by molar-refractivity contribution is 6.46. The van der Waals surface area contributed by atoms with Crippen LogP contribution in [0.1, 0.15) is 34.7 Å². The summed E-state index contributed by atoms with van der Waals surface area (Å²) in [5, 5.41) is 11.4. The van der Waals surface area contributed by atoms with E-state index in [2.05, 4.69) is 0 Å². The number of nitrogens with zero attached hydrogens (tertiary/aromatic N) is 3. The molecule has 0 spiro atoms. The maximum Gasteiger partial charge on any atom is 0.295 e. The number of carbonyl (C=O) groups excluding carboxylic acids is 2. The minimum atomic E-state index is -0.656. The second kappa shape index (κ2) is 10.3. The molecule has 7 heteroatoms. The molecule has 1 atom stereocenters. The number of methoxy groups -OCH3 is 1. The first-order valence-corrected chi connectivity index (χ1v) is 11.4. The third-order valence-corrected chi connectivity index (χ3v) is 6.27. The predicted molar refractivity (Wildman–Crippen MR) is 135 cm³/mol. The van der Waals surface area contributed by atoms with Gasteiger partial charge >= 0.3 is 0 Å². The van der Waals surface area contributed by atoms with Crippen LogP contribution < -0.4 is 9.64 Å². The fraction of sp³-hybridized carbons (Fsp3) is 0.407. The summed E-state index contributed by atoms with van der Waals surface area (Å²) in [6, 6.07) is 10.7. The highest BCUT2D eigenvalue weighted by Crippen LogP contribution is 2.41. The second-order valence-electron chi connectivity index (χ2n) is 9.27. The number of ether oxygens (including phenoxy) is 1. The van der Waals surface area contributed by atoms with Gasteiger partial charge in [-0.05, 0) is 81.9 Å². The number of rotatable bonds is 8. The Morgan fingerprint density at radius 2 is 1.68 bits per heavy atom. The number of amides is 1. The molecule has 0 saturated carbocycles. The molecule has 0 radical (unpaired) electrons. The Morgan fingerprint density at radius 1 is 1.03 bits per heavy atom. The first kappa shape index (κ1) is 25.3. The number of hydrogen-bond donors (Lipinski definition) is 1. The third-order valence-electron chi connectivity index (χ3n) is 6.27. The van der Waals surface area contributed by atoms with E-state index in [-0.39, 0.29) is 11.3 Å². The lowest BCUT2D eigenvalue weighted by Gasteiger charge is -2.26. The van der Waals surface area contributed by atoms with Gasteiger partial charge in [-0.2, -0.15) is 0 Å². The zero-order valence-corrected chi connectivity index (χ0v) is 21.2. The van der Waals surface area contributed by atoms with Crippen LogP contribution in [-0.2, 0) is 9.59 Å². The van der Waals surface area contributed by atoms with Crippen LogP contribution in [0.3, 0.4) is 0 Å². The molecule has 1 aliphatic heterocycles. The highest BCUT2D eigenvalue weighted by atomic mass is 16.5. The molecule has 1 N–H and O–H groups in total. The van der Waals surface area contributed by atoms with E-state index in [0.29, 0.717) is 24.3 Å². The Morgan fingerprint density at radius 3 is 2.24 bits per heavy atom. The van der Waals surface area contributed by atoms with Gasteiger partial charge < -0.3 is 24.5 Å². The molecule has 7 nitrogen and oxygen atoms in total. The first-order valence-electron chi connectivity index (χ1n) is 11.4. The van der Waals surface area contributed by atoms with E-state index in [9.17, 15) is 14.7 Å². The minimum Gasteiger partial charge on any atom is -0.507 e. The molecule has 3 rings (SSSR count). The standard InChI is InChI=1S/C27H35N3O4/c1-17-16-22(34-7)18(2)15-21(17)25(31)23-24(19-9-11-20(12-10-19)29(5)6)30(27(33)26(23)32)14-8-13-28(3)4/h9-12,15-16,24,31H,8,13-14H2,1-7H3/b25-23+. The van der Waals surface area contributed by atoms with E-state index in [1.165, 1.54) is 0 Å². The molecule has 182 valence electrons. The van der Waals surface area contributed by atoms with Crippen molar-refractivity contribution in [3.8, 4) is 5.75 Å². The van der Waals surface area contributed by atoms with Gasteiger partial charge in [0.2, 0.25) is 0 Å². The average molecular weight is 466 g/mol. The van der Waals surface area contributed by atoms with Crippen LogP contribution in [0.5, 0.6) is 5.75 Å². The zero-order valence-electron chi connectivity index (χ0n) is 21.2. The van der Waals surface area contributed by atoms with Crippen LogP contribution in [0.15, 0.2) is 42.0 Å². The van der Waals surface area contributed by atoms with Gasteiger partial charge in [0, 0.05) is 31.9 Å². The van der Waals surface area contributed by atoms with Crippen LogP contribution in [0.25, 0.3) is 5.76 Å². The summed E-state index contributed by atoms with van der Waals surface area (Å²) in [6.07, 6.45) is 0.715. The number of carbonyl (C=O) groups is 2. The van der Waals surface area contributed by atoms with Crippen molar-refractivity contribution >= 4 is 23.1 Å². The Bertz CT molecular complexity index is 1100. The second-order valence-corrected chi connectivity index (χ2v) is 9.27. The molecule has 1 saturated heterocycles. The number of benzene rings is 2. The maximum absolute atomic E-state index is 13.3. The summed E-state index contributed by atoms with van der Waals surface area (Å²) in [5.74, 6) is -0.686. The fourth-order valence-corrected chi connectivity index (χ4v) is 4.38. The molecular formula is C27H35N3O4. The van der Waals surface area contributed by atoms with Crippen molar-refractivity contribution in [2.24, 2.45) is 0 Å². The Kier molecular flexibility index (Phi) is 7.67. The summed E-state index contributed by atoms with van der Waals surface area (Å²) in [6.45, 7) is 4.93.